The lowest BCUT2D eigenvalue weighted by Gasteiger charge is -2.10. The number of rotatable bonds is 5. The van der Waals surface area contributed by atoms with Gasteiger partial charge in [-0.1, -0.05) is 24.3 Å². The summed E-state index contributed by atoms with van der Waals surface area (Å²) < 4.78 is 1.49. The molecule has 0 radical (unpaired) electrons. The predicted molar refractivity (Wildman–Crippen MR) is 75.2 cm³/mol. The number of nitrogens with zero attached hydrogens (tertiary/aromatic N) is 3. The first-order valence-corrected chi connectivity index (χ1v) is 6.27. The van der Waals surface area contributed by atoms with Gasteiger partial charge in [0.15, 0.2) is 0 Å². The third-order valence-corrected chi connectivity index (χ3v) is 3.19. The van der Waals surface area contributed by atoms with E-state index in [0.29, 0.717) is 6.54 Å². The molecule has 0 aliphatic carbocycles. The fourth-order valence-corrected chi connectivity index (χ4v) is 1.91. The van der Waals surface area contributed by atoms with Crippen LogP contribution >= 0.6 is 0 Å². The number of aromatic nitrogens is 2. The second-order valence-electron chi connectivity index (χ2n) is 4.63. The molecule has 1 aromatic heterocycles. The Balaban J connectivity index is 2.08. The fourth-order valence-electron chi connectivity index (χ4n) is 1.91. The van der Waals surface area contributed by atoms with Crippen LogP contribution in [0.4, 0.5) is 5.69 Å². The van der Waals surface area contributed by atoms with E-state index in [1.807, 2.05) is 24.3 Å². The quantitative estimate of drug-likeness (QED) is 0.367. The standard InChI is InChI=1S/C13H15N5O3/c1-9(13(19)16-14)11-4-2-10(3-5-11)7-17-8-12(6-15-17)18(20)21/h2-6,8-9H,7,14H2,1H3,(H,16,19). The van der Waals surface area contributed by atoms with Crippen molar-refractivity contribution in [2.45, 2.75) is 19.4 Å². The fraction of sp³-hybridized carbons (Fsp3) is 0.231. The third kappa shape index (κ3) is 3.42. The summed E-state index contributed by atoms with van der Waals surface area (Å²) >= 11 is 0. The highest BCUT2D eigenvalue weighted by atomic mass is 16.6. The minimum absolute atomic E-state index is 0.0418. The van der Waals surface area contributed by atoms with E-state index in [1.165, 1.54) is 17.1 Å². The molecule has 110 valence electrons. The molecule has 0 bridgehead atoms. The zero-order valence-electron chi connectivity index (χ0n) is 11.4. The molecule has 1 amide bonds. The summed E-state index contributed by atoms with van der Waals surface area (Å²) in [4.78, 5) is 21.5. The van der Waals surface area contributed by atoms with Crippen LogP contribution in [0.15, 0.2) is 36.7 Å². The molecule has 1 atom stereocenters. The number of nitro groups is 1. The summed E-state index contributed by atoms with van der Waals surface area (Å²) in [5.74, 6) is 4.51. The van der Waals surface area contributed by atoms with E-state index in [1.54, 1.807) is 6.92 Å². The van der Waals surface area contributed by atoms with Gasteiger partial charge in [0.1, 0.15) is 12.4 Å². The zero-order valence-corrected chi connectivity index (χ0v) is 11.4. The van der Waals surface area contributed by atoms with Crippen LogP contribution in [0.1, 0.15) is 24.0 Å². The van der Waals surface area contributed by atoms with Gasteiger partial charge in [-0.2, -0.15) is 5.10 Å². The van der Waals surface area contributed by atoms with E-state index in [4.69, 9.17) is 5.84 Å². The molecule has 3 N–H and O–H groups in total. The van der Waals surface area contributed by atoms with Crippen LogP contribution < -0.4 is 11.3 Å². The Labute approximate surface area is 120 Å². The van der Waals surface area contributed by atoms with E-state index >= 15 is 0 Å². The highest BCUT2D eigenvalue weighted by molar-refractivity contribution is 5.82. The monoisotopic (exact) mass is 289 g/mol. The van der Waals surface area contributed by atoms with Crippen LogP contribution in [0.25, 0.3) is 0 Å². The molecule has 0 saturated heterocycles. The summed E-state index contributed by atoms with van der Waals surface area (Å²) in [5.41, 5.74) is 3.84. The number of amides is 1. The molecule has 0 fully saturated rings. The van der Waals surface area contributed by atoms with E-state index in [0.717, 1.165) is 11.1 Å². The van der Waals surface area contributed by atoms with Gasteiger partial charge in [-0.25, -0.2) is 5.84 Å². The van der Waals surface area contributed by atoms with Crippen LogP contribution in [-0.2, 0) is 11.3 Å². The molecule has 0 aliphatic rings. The minimum Gasteiger partial charge on any atom is -0.294 e. The number of nitrogens with one attached hydrogen (secondary N) is 1. The van der Waals surface area contributed by atoms with Gasteiger partial charge < -0.3 is 0 Å². The first-order valence-electron chi connectivity index (χ1n) is 6.27. The lowest BCUT2D eigenvalue weighted by Crippen LogP contribution is -2.33. The molecule has 1 aromatic carbocycles. The number of hydrazine groups is 1. The van der Waals surface area contributed by atoms with Crippen molar-refractivity contribution in [3.05, 3.63) is 57.9 Å². The number of nitrogens with two attached hydrogens (primary N) is 1. The Hall–Kier alpha value is -2.74. The van der Waals surface area contributed by atoms with Gasteiger partial charge in [-0.15, -0.1) is 0 Å². The van der Waals surface area contributed by atoms with Crippen LogP contribution in [0, 0.1) is 10.1 Å². The molecule has 8 nitrogen and oxygen atoms in total. The summed E-state index contributed by atoms with van der Waals surface area (Å²) in [6, 6.07) is 7.35. The third-order valence-electron chi connectivity index (χ3n) is 3.19. The average molecular weight is 289 g/mol. The molecular formula is C13H15N5O3. The molecule has 1 heterocycles. The highest BCUT2D eigenvalue weighted by Gasteiger charge is 2.14. The average Bonchev–Trinajstić information content (AvgIpc) is 2.95. The maximum atomic E-state index is 11.4. The van der Waals surface area contributed by atoms with Crippen LogP contribution in [0.2, 0.25) is 0 Å². The smallest absolute Gasteiger partial charge is 0.294 e. The molecule has 1 unspecified atom stereocenters. The van der Waals surface area contributed by atoms with Gasteiger partial charge in [0, 0.05) is 0 Å². The molecule has 2 rings (SSSR count). The summed E-state index contributed by atoms with van der Waals surface area (Å²) in [6.07, 6.45) is 2.58. The lowest BCUT2D eigenvalue weighted by molar-refractivity contribution is -0.385. The van der Waals surface area contributed by atoms with Gasteiger partial charge in [0.05, 0.1) is 17.4 Å². The number of carbonyl (C=O) groups excluding carboxylic acids is 1. The van der Waals surface area contributed by atoms with Crippen LogP contribution in [-0.4, -0.2) is 20.6 Å². The molecule has 2 aromatic rings. The van der Waals surface area contributed by atoms with Crippen molar-refractivity contribution >= 4 is 11.6 Å². The second kappa shape index (κ2) is 6.14. The van der Waals surface area contributed by atoms with Gasteiger partial charge >= 0.3 is 5.69 Å². The summed E-state index contributed by atoms with van der Waals surface area (Å²) in [6.45, 7) is 2.18. The SMILES string of the molecule is CC(C(=O)NN)c1ccc(Cn2cc([N+](=O)[O-])cn2)cc1. The van der Waals surface area contributed by atoms with E-state index < -0.39 is 4.92 Å². The molecule has 21 heavy (non-hydrogen) atoms. The van der Waals surface area contributed by atoms with Crippen molar-refractivity contribution in [3.8, 4) is 0 Å². The van der Waals surface area contributed by atoms with E-state index in [-0.39, 0.29) is 17.5 Å². The number of hydrogen-bond acceptors (Lipinski definition) is 5. The van der Waals surface area contributed by atoms with Crippen molar-refractivity contribution in [3.63, 3.8) is 0 Å². The van der Waals surface area contributed by atoms with E-state index in [2.05, 4.69) is 10.5 Å². The number of benzene rings is 1. The Bertz CT molecular complexity index is 650. The van der Waals surface area contributed by atoms with Gasteiger partial charge in [-0.3, -0.25) is 25.0 Å². The molecule has 8 heteroatoms. The normalized spacial score (nSPS) is 11.9. The van der Waals surface area contributed by atoms with Crippen molar-refractivity contribution < 1.29 is 9.72 Å². The Morgan fingerprint density at radius 3 is 2.67 bits per heavy atom. The van der Waals surface area contributed by atoms with Crippen molar-refractivity contribution in [1.29, 1.82) is 0 Å². The van der Waals surface area contributed by atoms with Gasteiger partial charge in [0.2, 0.25) is 5.91 Å². The Morgan fingerprint density at radius 1 is 1.48 bits per heavy atom. The van der Waals surface area contributed by atoms with Crippen molar-refractivity contribution in [2.24, 2.45) is 5.84 Å². The maximum Gasteiger partial charge on any atom is 0.307 e. The molecule has 0 spiro atoms. The minimum atomic E-state index is -0.486. The zero-order chi connectivity index (χ0) is 15.4. The van der Waals surface area contributed by atoms with Crippen molar-refractivity contribution in [1.82, 2.24) is 15.2 Å². The van der Waals surface area contributed by atoms with Gasteiger partial charge in [0.25, 0.3) is 0 Å². The largest absolute Gasteiger partial charge is 0.307 e. The summed E-state index contributed by atoms with van der Waals surface area (Å²) in [5, 5.41) is 14.5. The second-order valence-corrected chi connectivity index (χ2v) is 4.63. The van der Waals surface area contributed by atoms with Crippen molar-refractivity contribution in [2.75, 3.05) is 0 Å². The maximum absolute atomic E-state index is 11.4. The highest BCUT2D eigenvalue weighted by Crippen LogP contribution is 2.17. The Morgan fingerprint density at radius 2 is 2.14 bits per heavy atom. The molecule has 0 saturated carbocycles. The topological polar surface area (TPSA) is 116 Å². The van der Waals surface area contributed by atoms with Crippen LogP contribution in [0.3, 0.4) is 0 Å². The Kier molecular flexibility index (Phi) is 4.29. The van der Waals surface area contributed by atoms with Crippen LogP contribution in [0.5, 0.6) is 0 Å². The van der Waals surface area contributed by atoms with E-state index in [9.17, 15) is 14.9 Å². The summed E-state index contributed by atoms with van der Waals surface area (Å²) in [7, 11) is 0. The van der Waals surface area contributed by atoms with Gasteiger partial charge in [-0.05, 0) is 18.1 Å². The first-order chi connectivity index (χ1) is 10.0. The molecular weight excluding hydrogens is 274 g/mol. The first kappa shape index (κ1) is 14.7. The predicted octanol–water partition coefficient (Wildman–Crippen LogP) is 0.933. The number of carbonyl (C=O) groups is 1. The molecule has 0 aliphatic heterocycles. The lowest BCUT2D eigenvalue weighted by atomic mass is 9.99. The number of hydrogen-bond donors (Lipinski definition) is 2.